The Bertz CT molecular complexity index is 714. The van der Waals surface area contributed by atoms with Gasteiger partial charge < -0.3 is 9.64 Å². The SMILES string of the molecule is CC(C)CN(C(=O)c1ccc(OC(F)(F)F)cc1)C1CCS(=O)(=O)C1. The highest BCUT2D eigenvalue weighted by Gasteiger charge is 2.35. The summed E-state index contributed by atoms with van der Waals surface area (Å²) in [5.74, 6) is -0.726. The molecule has 9 heteroatoms. The largest absolute Gasteiger partial charge is 0.573 e. The van der Waals surface area contributed by atoms with Crippen molar-refractivity contribution in [3.63, 3.8) is 0 Å². The Labute approximate surface area is 144 Å². The third-order valence-corrected chi connectivity index (χ3v) is 5.56. The van der Waals surface area contributed by atoms with Gasteiger partial charge in [-0.3, -0.25) is 4.79 Å². The normalized spacial score (nSPS) is 19.8. The Hall–Kier alpha value is -1.77. The van der Waals surface area contributed by atoms with E-state index in [1.165, 1.54) is 17.0 Å². The molecule has 0 radical (unpaired) electrons. The van der Waals surface area contributed by atoms with Crippen molar-refractivity contribution in [2.45, 2.75) is 32.7 Å². The molecule has 1 amide bonds. The van der Waals surface area contributed by atoms with Crippen LogP contribution in [0, 0.1) is 5.92 Å². The molecule has 1 aliphatic rings. The summed E-state index contributed by atoms with van der Waals surface area (Å²) in [4.78, 5) is 14.3. The third kappa shape index (κ3) is 5.62. The summed E-state index contributed by atoms with van der Waals surface area (Å²) >= 11 is 0. The molecule has 0 aromatic heterocycles. The maximum Gasteiger partial charge on any atom is 0.573 e. The number of nitrogens with zero attached hydrogens (tertiary/aromatic N) is 1. The molecule has 0 spiro atoms. The zero-order valence-electron chi connectivity index (χ0n) is 13.9. The highest BCUT2D eigenvalue weighted by Crippen LogP contribution is 2.25. The average molecular weight is 379 g/mol. The summed E-state index contributed by atoms with van der Waals surface area (Å²) in [6.07, 6.45) is -4.43. The molecule has 25 heavy (non-hydrogen) atoms. The Balaban J connectivity index is 2.18. The van der Waals surface area contributed by atoms with Crippen molar-refractivity contribution in [2.75, 3.05) is 18.1 Å². The van der Waals surface area contributed by atoms with Crippen LogP contribution in [0.3, 0.4) is 0 Å². The summed E-state index contributed by atoms with van der Waals surface area (Å²) in [5.41, 5.74) is 0.194. The monoisotopic (exact) mass is 379 g/mol. The van der Waals surface area contributed by atoms with Gasteiger partial charge in [-0.1, -0.05) is 13.8 Å². The fourth-order valence-electron chi connectivity index (χ4n) is 2.78. The van der Waals surface area contributed by atoms with Gasteiger partial charge in [-0.15, -0.1) is 13.2 Å². The van der Waals surface area contributed by atoms with E-state index in [0.717, 1.165) is 12.1 Å². The van der Waals surface area contributed by atoms with E-state index in [1.807, 2.05) is 13.8 Å². The van der Waals surface area contributed by atoms with Crippen LogP contribution in [0.1, 0.15) is 30.6 Å². The number of halogens is 3. The fourth-order valence-corrected chi connectivity index (χ4v) is 4.51. The van der Waals surface area contributed by atoms with Gasteiger partial charge in [-0.2, -0.15) is 0 Å². The molecule has 0 N–H and O–H groups in total. The molecule has 140 valence electrons. The smallest absolute Gasteiger partial charge is 0.406 e. The molecule has 1 atom stereocenters. The Kier molecular flexibility index (Phi) is 5.65. The minimum absolute atomic E-state index is 0.0396. The topological polar surface area (TPSA) is 63.7 Å². The highest BCUT2D eigenvalue weighted by atomic mass is 32.2. The van der Waals surface area contributed by atoms with E-state index in [2.05, 4.69) is 4.74 Å². The zero-order chi connectivity index (χ0) is 18.8. The first kappa shape index (κ1) is 19.6. The number of hydrogen-bond acceptors (Lipinski definition) is 4. The summed E-state index contributed by atoms with van der Waals surface area (Å²) in [6.45, 7) is 4.19. The van der Waals surface area contributed by atoms with Crippen LogP contribution in [0.25, 0.3) is 0 Å². The Morgan fingerprint density at radius 2 is 1.88 bits per heavy atom. The molecule has 1 aromatic carbocycles. The molecule has 1 heterocycles. The second kappa shape index (κ2) is 7.23. The standard InChI is InChI=1S/C16H20F3NO4S/c1-11(2)9-20(13-7-8-25(22,23)10-13)15(21)12-3-5-14(6-4-12)24-16(17,18)19/h3-6,11,13H,7-10H2,1-2H3. The van der Waals surface area contributed by atoms with Crippen molar-refractivity contribution < 1.29 is 31.1 Å². The summed E-state index contributed by atoms with van der Waals surface area (Å²) in [5, 5.41) is 0. The van der Waals surface area contributed by atoms with Crippen LogP contribution in [0.4, 0.5) is 13.2 Å². The number of benzene rings is 1. The molecule has 5 nitrogen and oxygen atoms in total. The minimum Gasteiger partial charge on any atom is -0.406 e. The number of carbonyl (C=O) groups is 1. The number of hydrogen-bond donors (Lipinski definition) is 0. The second-order valence-corrected chi connectivity index (χ2v) is 8.71. The van der Waals surface area contributed by atoms with Crippen molar-refractivity contribution in [2.24, 2.45) is 5.92 Å². The van der Waals surface area contributed by atoms with E-state index < -0.39 is 33.9 Å². The molecular weight excluding hydrogens is 359 g/mol. The molecule has 1 unspecified atom stereocenters. The second-order valence-electron chi connectivity index (χ2n) is 6.48. The van der Waals surface area contributed by atoms with Crippen molar-refractivity contribution in [3.8, 4) is 5.75 Å². The first-order chi connectivity index (χ1) is 11.5. The minimum atomic E-state index is -4.80. The van der Waals surface area contributed by atoms with Gasteiger partial charge in [0.15, 0.2) is 9.84 Å². The molecule has 0 bridgehead atoms. The summed E-state index contributed by atoms with van der Waals surface area (Å²) in [7, 11) is -3.16. The number of amides is 1. The number of ether oxygens (including phenoxy) is 1. The van der Waals surface area contributed by atoms with Crippen molar-refractivity contribution in [1.82, 2.24) is 4.90 Å². The van der Waals surface area contributed by atoms with E-state index in [-0.39, 0.29) is 23.0 Å². The molecule has 1 fully saturated rings. The Morgan fingerprint density at radius 1 is 1.28 bits per heavy atom. The maximum atomic E-state index is 12.7. The van der Waals surface area contributed by atoms with Gasteiger partial charge in [0.05, 0.1) is 11.5 Å². The van der Waals surface area contributed by atoms with Crippen LogP contribution in [0.2, 0.25) is 0 Å². The van der Waals surface area contributed by atoms with E-state index in [4.69, 9.17) is 0 Å². The van der Waals surface area contributed by atoms with E-state index in [0.29, 0.717) is 13.0 Å². The molecule has 1 saturated heterocycles. The molecule has 0 aliphatic carbocycles. The lowest BCUT2D eigenvalue weighted by Gasteiger charge is -2.30. The fraction of sp³-hybridized carbons (Fsp3) is 0.562. The van der Waals surface area contributed by atoms with Crippen LogP contribution in [0.15, 0.2) is 24.3 Å². The number of alkyl halides is 3. The molecule has 1 aromatic rings. The molecular formula is C16H20F3NO4S. The lowest BCUT2D eigenvalue weighted by molar-refractivity contribution is -0.274. The van der Waals surface area contributed by atoms with E-state index >= 15 is 0 Å². The third-order valence-electron chi connectivity index (χ3n) is 3.81. The van der Waals surface area contributed by atoms with Crippen molar-refractivity contribution in [1.29, 1.82) is 0 Å². The molecule has 1 aliphatic heterocycles. The van der Waals surface area contributed by atoms with Crippen LogP contribution < -0.4 is 4.74 Å². The summed E-state index contributed by atoms with van der Waals surface area (Å²) < 4.78 is 63.8. The predicted molar refractivity (Wildman–Crippen MR) is 86.1 cm³/mol. The van der Waals surface area contributed by atoms with Gasteiger partial charge in [-0.05, 0) is 36.6 Å². The maximum absolute atomic E-state index is 12.7. The quantitative estimate of drug-likeness (QED) is 0.789. The van der Waals surface area contributed by atoms with Crippen LogP contribution in [0.5, 0.6) is 5.75 Å². The first-order valence-corrected chi connectivity index (χ1v) is 9.66. The van der Waals surface area contributed by atoms with Gasteiger partial charge in [0, 0.05) is 18.2 Å². The Morgan fingerprint density at radius 3 is 2.32 bits per heavy atom. The number of sulfone groups is 1. The lowest BCUT2D eigenvalue weighted by Crippen LogP contribution is -2.43. The average Bonchev–Trinajstić information content (AvgIpc) is 2.83. The van der Waals surface area contributed by atoms with Crippen LogP contribution in [-0.4, -0.2) is 49.7 Å². The highest BCUT2D eigenvalue weighted by molar-refractivity contribution is 7.91. The van der Waals surface area contributed by atoms with Crippen molar-refractivity contribution in [3.05, 3.63) is 29.8 Å². The van der Waals surface area contributed by atoms with E-state index in [9.17, 15) is 26.4 Å². The van der Waals surface area contributed by atoms with Crippen LogP contribution in [-0.2, 0) is 9.84 Å². The van der Waals surface area contributed by atoms with Gasteiger partial charge in [-0.25, -0.2) is 8.42 Å². The molecule has 0 saturated carbocycles. The van der Waals surface area contributed by atoms with Gasteiger partial charge >= 0.3 is 6.36 Å². The first-order valence-electron chi connectivity index (χ1n) is 7.84. The van der Waals surface area contributed by atoms with E-state index in [1.54, 1.807) is 0 Å². The van der Waals surface area contributed by atoms with Gasteiger partial charge in [0.25, 0.3) is 5.91 Å². The zero-order valence-corrected chi connectivity index (χ0v) is 14.7. The molecule has 2 rings (SSSR count). The number of rotatable bonds is 5. The lowest BCUT2D eigenvalue weighted by atomic mass is 10.1. The van der Waals surface area contributed by atoms with Gasteiger partial charge in [0.2, 0.25) is 0 Å². The number of carbonyl (C=O) groups excluding carboxylic acids is 1. The van der Waals surface area contributed by atoms with Crippen LogP contribution >= 0.6 is 0 Å². The van der Waals surface area contributed by atoms with Gasteiger partial charge in [0.1, 0.15) is 5.75 Å². The predicted octanol–water partition coefficient (Wildman–Crippen LogP) is 2.87. The summed E-state index contributed by atoms with van der Waals surface area (Å²) in [6, 6.07) is 4.23. The van der Waals surface area contributed by atoms with Crippen molar-refractivity contribution >= 4 is 15.7 Å².